The second-order valence-electron chi connectivity index (χ2n) is 6.52. The van der Waals surface area contributed by atoms with Gasteiger partial charge >= 0.3 is 11.9 Å². The largest absolute Gasteiger partial charge is 0.493 e. The Balaban J connectivity index is 1.82. The predicted octanol–water partition coefficient (Wildman–Crippen LogP) is 3.53. The van der Waals surface area contributed by atoms with Crippen LogP contribution in [0.1, 0.15) is 22.3 Å². The Bertz CT molecular complexity index is 986. The molecule has 7 nitrogen and oxygen atoms in total. The number of aliphatic hydroxyl groups is 1. The Labute approximate surface area is 186 Å². The molecule has 0 aliphatic carbocycles. The summed E-state index contributed by atoms with van der Waals surface area (Å²) >= 11 is 0. The molecule has 0 atom stereocenters. The predicted molar refractivity (Wildman–Crippen MR) is 119 cm³/mol. The third-order valence-electron chi connectivity index (χ3n) is 4.10. The summed E-state index contributed by atoms with van der Waals surface area (Å²) in [6.07, 6.45) is 4.80. The summed E-state index contributed by atoms with van der Waals surface area (Å²) in [4.78, 5) is 34.8. The van der Waals surface area contributed by atoms with Crippen molar-refractivity contribution in [2.45, 2.75) is 6.42 Å². The van der Waals surface area contributed by atoms with E-state index in [4.69, 9.17) is 19.3 Å². The first-order valence-corrected chi connectivity index (χ1v) is 9.78. The highest BCUT2D eigenvalue weighted by Gasteiger charge is 2.09. The Morgan fingerprint density at radius 3 is 2.22 bits per heavy atom. The summed E-state index contributed by atoms with van der Waals surface area (Å²) in [6, 6.07) is 13.3. The monoisotopic (exact) mass is 436 g/mol. The first kappa shape index (κ1) is 24.3. The van der Waals surface area contributed by atoms with Gasteiger partial charge in [-0.05, 0) is 48.0 Å². The number of ether oxygens (including phenoxy) is 3. The molecule has 0 unspecified atom stereocenters. The molecule has 0 radical (unpaired) electrons. The molecular formula is C25H24O7. The van der Waals surface area contributed by atoms with Gasteiger partial charge in [-0.15, -0.1) is 0 Å². The standard InChI is InChI=1S/C25H24O7/c1-3-24(28)31-16-4-15-30-21-10-5-19(6-11-21)7-14-23(27)20-8-12-22(13-9-20)32-25(29)18(2)17-26/h3,5-14,26H,1-2,4,15-17H2/b14-7+. The zero-order valence-corrected chi connectivity index (χ0v) is 17.5. The number of esters is 2. The van der Waals surface area contributed by atoms with E-state index < -0.39 is 18.5 Å². The van der Waals surface area contributed by atoms with Crippen LogP contribution in [0.5, 0.6) is 11.5 Å². The van der Waals surface area contributed by atoms with Crippen LogP contribution in [0.2, 0.25) is 0 Å². The molecule has 2 rings (SSSR count). The maximum atomic E-state index is 12.3. The summed E-state index contributed by atoms with van der Waals surface area (Å²) in [5.41, 5.74) is 1.19. The van der Waals surface area contributed by atoms with Gasteiger partial charge in [-0.2, -0.15) is 0 Å². The quantitative estimate of drug-likeness (QED) is 0.179. The minimum absolute atomic E-state index is 0.0569. The molecule has 0 spiro atoms. The van der Waals surface area contributed by atoms with Gasteiger partial charge in [-0.25, -0.2) is 9.59 Å². The summed E-state index contributed by atoms with van der Waals surface area (Å²) in [5.74, 6) is -0.483. The maximum absolute atomic E-state index is 12.3. The summed E-state index contributed by atoms with van der Waals surface area (Å²) in [7, 11) is 0. The lowest BCUT2D eigenvalue weighted by molar-refractivity contribution is -0.138. The van der Waals surface area contributed by atoms with Gasteiger partial charge in [0, 0.05) is 18.1 Å². The number of hydrogen-bond acceptors (Lipinski definition) is 7. The van der Waals surface area contributed by atoms with Crippen molar-refractivity contribution < 1.29 is 33.7 Å². The Kier molecular flexibility index (Phi) is 9.62. The number of benzene rings is 2. The van der Waals surface area contributed by atoms with E-state index in [1.165, 1.54) is 18.2 Å². The second-order valence-corrected chi connectivity index (χ2v) is 6.52. The van der Waals surface area contributed by atoms with E-state index in [0.29, 0.717) is 24.3 Å². The van der Waals surface area contributed by atoms with Gasteiger partial charge in [0.1, 0.15) is 11.5 Å². The number of ketones is 1. The molecule has 0 bridgehead atoms. The lowest BCUT2D eigenvalue weighted by Crippen LogP contribution is -2.12. The number of hydrogen-bond donors (Lipinski definition) is 1. The van der Waals surface area contributed by atoms with E-state index in [-0.39, 0.29) is 23.7 Å². The van der Waals surface area contributed by atoms with Gasteiger partial charge < -0.3 is 19.3 Å². The molecule has 7 heteroatoms. The van der Waals surface area contributed by atoms with Crippen LogP contribution in [0.25, 0.3) is 6.08 Å². The molecule has 0 heterocycles. The van der Waals surface area contributed by atoms with Gasteiger partial charge in [-0.3, -0.25) is 4.79 Å². The summed E-state index contributed by atoms with van der Waals surface area (Å²) in [6.45, 7) is 6.88. The number of carbonyl (C=O) groups is 3. The molecular weight excluding hydrogens is 412 g/mol. The Morgan fingerprint density at radius 2 is 1.59 bits per heavy atom. The van der Waals surface area contributed by atoms with Crippen molar-refractivity contribution in [3.05, 3.63) is 90.5 Å². The molecule has 2 aromatic rings. The SMILES string of the molecule is C=CC(=O)OCCCOc1ccc(/C=C/C(=O)c2ccc(OC(=O)C(=C)CO)cc2)cc1. The van der Waals surface area contributed by atoms with Gasteiger partial charge in [-0.1, -0.05) is 31.4 Å². The molecule has 166 valence electrons. The van der Waals surface area contributed by atoms with Crippen molar-refractivity contribution in [2.75, 3.05) is 19.8 Å². The second kappa shape index (κ2) is 12.7. The van der Waals surface area contributed by atoms with Crippen molar-refractivity contribution in [1.82, 2.24) is 0 Å². The smallest absolute Gasteiger partial charge is 0.341 e. The van der Waals surface area contributed by atoms with Crippen LogP contribution in [0.15, 0.2) is 79.4 Å². The van der Waals surface area contributed by atoms with Gasteiger partial charge in [0.2, 0.25) is 0 Å². The van der Waals surface area contributed by atoms with Crippen molar-refractivity contribution in [2.24, 2.45) is 0 Å². The van der Waals surface area contributed by atoms with Gasteiger partial charge in [0.15, 0.2) is 5.78 Å². The molecule has 2 aromatic carbocycles. The molecule has 0 fully saturated rings. The molecule has 32 heavy (non-hydrogen) atoms. The highest BCUT2D eigenvalue weighted by molar-refractivity contribution is 6.06. The molecule has 0 aliphatic rings. The van der Waals surface area contributed by atoms with Crippen LogP contribution >= 0.6 is 0 Å². The van der Waals surface area contributed by atoms with Crippen LogP contribution < -0.4 is 9.47 Å². The van der Waals surface area contributed by atoms with Crippen molar-refractivity contribution in [1.29, 1.82) is 0 Å². The zero-order valence-electron chi connectivity index (χ0n) is 17.5. The summed E-state index contributed by atoms with van der Waals surface area (Å²) < 4.78 is 15.5. The Morgan fingerprint density at radius 1 is 0.938 bits per heavy atom. The first-order chi connectivity index (χ1) is 15.4. The highest BCUT2D eigenvalue weighted by Crippen LogP contribution is 2.16. The third-order valence-corrected chi connectivity index (χ3v) is 4.10. The molecule has 0 aliphatic heterocycles. The van der Waals surface area contributed by atoms with E-state index in [1.54, 1.807) is 30.3 Å². The van der Waals surface area contributed by atoms with E-state index in [0.717, 1.165) is 11.6 Å². The average molecular weight is 436 g/mol. The van der Waals surface area contributed by atoms with E-state index >= 15 is 0 Å². The highest BCUT2D eigenvalue weighted by atomic mass is 16.5. The lowest BCUT2D eigenvalue weighted by Gasteiger charge is -2.06. The zero-order chi connectivity index (χ0) is 23.3. The summed E-state index contributed by atoms with van der Waals surface area (Å²) in [5, 5.41) is 8.87. The average Bonchev–Trinajstić information content (AvgIpc) is 2.82. The normalized spacial score (nSPS) is 10.4. The molecule has 0 saturated carbocycles. The van der Waals surface area contributed by atoms with Crippen molar-refractivity contribution in [3.8, 4) is 11.5 Å². The minimum Gasteiger partial charge on any atom is -0.493 e. The van der Waals surface area contributed by atoms with E-state index in [1.807, 2.05) is 12.1 Å². The number of aliphatic hydroxyl groups excluding tert-OH is 1. The maximum Gasteiger partial charge on any atom is 0.341 e. The van der Waals surface area contributed by atoms with Gasteiger partial charge in [0.05, 0.1) is 25.4 Å². The topological polar surface area (TPSA) is 99.1 Å². The van der Waals surface area contributed by atoms with Crippen LogP contribution in [0.4, 0.5) is 0 Å². The first-order valence-electron chi connectivity index (χ1n) is 9.78. The third kappa shape index (κ3) is 8.04. The number of allylic oxidation sites excluding steroid dienone is 1. The van der Waals surface area contributed by atoms with Crippen LogP contribution in [-0.2, 0) is 14.3 Å². The minimum atomic E-state index is -0.727. The van der Waals surface area contributed by atoms with Crippen LogP contribution in [0, 0.1) is 0 Å². The van der Waals surface area contributed by atoms with Gasteiger partial charge in [0.25, 0.3) is 0 Å². The molecule has 0 aromatic heterocycles. The fraction of sp³-hybridized carbons (Fsp3) is 0.160. The lowest BCUT2D eigenvalue weighted by atomic mass is 10.1. The molecule has 0 amide bonds. The van der Waals surface area contributed by atoms with E-state index in [9.17, 15) is 14.4 Å². The fourth-order valence-electron chi connectivity index (χ4n) is 2.35. The van der Waals surface area contributed by atoms with Crippen molar-refractivity contribution in [3.63, 3.8) is 0 Å². The van der Waals surface area contributed by atoms with Crippen LogP contribution in [-0.4, -0.2) is 42.6 Å². The number of rotatable bonds is 12. The molecule has 0 saturated heterocycles. The molecule has 1 N–H and O–H groups in total. The number of carbonyl (C=O) groups excluding carboxylic acids is 3. The Hall–Kier alpha value is -3.97. The van der Waals surface area contributed by atoms with Crippen molar-refractivity contribution >= 4 is 23.8 Å². The van der Waals surface area contributed by atoms with Crippen LogP contribution in [0.3, 0.4) is 0 Å². The van der Waals surface area contributed by atoms with E-state index in [2.05, 4.69) is 13.2 Å². The fourth-order valence-corrected chi connectivity index (χ4v) is 2.35.